The lowest BCUT2D eigenvalue weighted by atomic mass is 10.2. The molecule has 2 aromatic heterocycles. The summed E-state index contributed by atoms with van der Waals surface area (Å²) in [6.45, 7) is 2.72. The number of hydrogen-bond acceptors (Lipinski definition) is 3. The Morgan fingerprint density at radius 1 is 1.27 bits per heavy atom. The van der Waals surface area contributed by atoms with Crippen molar-refractivity contribution in [3.05, 3.63) is 47.1 Å². The number of nitriles is 1. The Morgan fingerprint density at radius 3 is 2.77 bits per heavy atom. The van der Waals surface area contributed by atoms with Crippen molar-refractivity contribution in [2.75, 3.05) is 0 Å². The van der Waals surface area contributed by atoms with Gasteiger partial charge in [-0.2, -0.15) is 5.26 Å². The van der Waals surface area contributed by atoms with Crippen LogP contribution in [0, 0.1) is 18.3 Å². The third kappa shape index (κ3) is 2.81. The van der Waals surface area contributed by atoms with Crippen LogP contribution in [0.1, 0.15) is 18.4 Å². The Morgan fingerprint density at radius 2 is 2.05 bits per heavy atom. The van der Waals surface area contributed by atoms with Gasteiger partial charge in [0.25, 0.3) is 0 Å². The summed E-state index contributed by atoms with van der Waals surface area (Å²) in [4.78, 5) is 9.24. The summed E-state index contributed by atoms with van der Waals surface area (Å²) in [5.74, 6) is 0.864. The average Bonchev–Trinajstić information content (AvgIpc) is 2.86. The van der Waals surface area contributed by atoms with E-state index in [2.05, 4.69) is 15.6 Å². The number of unbranched alkanes of at least 4 members (excludes halogenated alkanes) is 1. The van der Waals surface area contributed by atoms with Crippen LogP contribution < -0.4 is 0 Å². The number of halogens is 1. The number of aryl methyl sites for hydroxylation is 2. The first-order valence-corrected chi connectivity index (χ1v) is 7.52. The van der Waals surface area contributed by atoms with E-state index in [1.54, 1.807) is 0 Å². The summed E-state index contributed by atoms with van der Waals surface area (Å²) in [6.07, 6.45) is 3.14. The van der Waals surface area contributed by atoms with Gasteiger partial charge in [-0.1, -0.05) is 11.6 Å². The number of rotatable bonds is 4. The van der Waals surface area contributed by atoms with Crippen molar-refractivity contribution in [2.45, 2.75) is 26.3 Å². The van der Waals surface area contributed by atoms with Crippen LogP contribution in [-0.4, -0.2) is 14.5 Å². The summed E-state index contributed by atoms with van der Waals surface area (Å²) in [6, 6.07) is 11.8. The molecule has 3 aromatic rings. The van der Waals surface area contributed by atoms with Crippen molar-refractivity contribution in [2.24, 2.45) is 0 Å². The predicted molar refractivity (Wildman–Crippen MR) is 87.6 cm³/mol. The SMILES string of the molecule is Cc1cnc2c(c1)nc(-c1ccc(Cl)cc1)n2CCCC#N. The van der Waals surface area contributed by atoms with Crippen LogP contribution in [-0.2, 0) is 6.54 Å². The van der Waals surface area contributed by atoms with Crippen LogP contribution in [0.15, 0.2) is 36.5 Å². The molecular formula is C17H15ClN4. The Labute approximate surface area is 134 Å². The highest BCUT2D eigenvalue weighted by Crippen LogP contribution is 2.26. The van der Waals surface area contributed by atoms with E-state index < -0.39 is 0 Å². The average molecular weight is 311 g/mol. The van der Waals surface area contributed by atoms with Crippen LogP contribution in [0.5, 0.6) is 0 Å². The second-order valence-electron chi connectivity index (χ2n) is 5.21. The van der Waals surface area contributed by atoms with Crippen molar-refractivity contribution in [1.82, 2.24) is 14.5 Å². The third-order valence-corrected chi connectivity index (χ3v) is 3.75. The molecule has 110 valence electrons. The normalized spacial score (nSPS) is 10.8. The molecule has 0 saturated heterocycles. The molecule has 0 aliphatic carbocycles. The lowest BCUT2D eigenvalue weighted by Gasteiger charge is -2.07. The highest BCUT2D eigenvalue weighted by molar-refractivity contribution is 6.30. The van der Waals surface area contributed by atoms with E-state index in [0.29, 0.717) is 11.4 Å². The van der Waals surface area contributed by atoms with E-state index in [4.69, 9.17) is 21.8 Å². The minimum Gasteiger partial charge on any atom is -0.309 e. The van der Waals surface area contributed by atoms with Gasteiger partial charge in [-0.3, -0.25) is 0 Å². The number of pyridine rings is 1. The van der Waals surface area contributed by atoms with Crippen molar-refractivity contribution < 1.29 is 0 Å². The highest BCUT2D eigenvalue weighted by Gasteiger charge is 2.13. The zero-order valence-electron chi connectivity index (χ0n) is 12.3. The molecule has 0 radical (unpaired) electrons. The Balaban J connectivity index is 2.12. The third-order valence-electron chi connectivity index (χ3n) is 3.49. The van der Waals surface area contributed by atoms with Crippen LogP contribution >= 0.6 is 11.6 Å². The fourth-order valence-corrected chi connectivity index (χ4v) is 2.58. The zero-order chi connectivity index (χ0) is 15.5. The summed E-state index contributed by atoms with van der Waals surface area (Å²) >= 11 is 5.97. The van der Waals surface area contributed by atoms with Crippen molar-refractivity contribution in [3.8, 4) is 17.5 Å². The standard InChI is InChI=1S/C17H15ClN4/c1-12-10-15-17(20-11-12)22(9-3-2-8-19)16(21-15)13-4-6-14(18)7-5-13/h4-7,10-11H,2-3,9H2,1H3. The summed E-state index contributed by atoms with van der Waals surface area (Å²) in [5.41, 5.74) is 3.81. The Hall–Kier alpha value is -2.38. The monoisotopic (exact) mass is 310 g/mol. The molecule has 0 bridgehead atoms. The van der Waals surface area contributed by atoms with E-state index in [0.717, 1.165) is 41.1 Å². The fraction of sp³-hybridized carbons (Fsp3) is 0.235. The maximum Gasteiger partial charge on any atom is 0.160 e. The maximum atomic E-state index is 8.76. The molecule has 0 amide bonds. The number of imidazole rings is 1. The topological polar surface area (TPSA) is 54.5 Å². The predicted octanol–water partition coefficient (Wildman–Crippen LogP) is 4.36. The smallest absolute Gasteiger partial charge is 0.160 e. The maximum absolute atomic E-state index is 8.76. The number of nitrogens with zero attached hydrogens (tertiary/aromatic N) is 4. The first-order valence-electron chi connectivity index (χ1n) is 7.15. The van der Waals surface area contributed by atoms with Crippen LogP contribution in [0.4, 0.5) is 0 Å². The van der Waals surface area contributed by atoms with Gasteiger partial charge in [-0.05, 0) is 49.2 Å². The van der Waals surface area contributed by atoms with Crippen LogP contribution in [0.2, 0.25) is 5.02 Å². The second-order valence-corrected chi connectivity index (χ2v) is 5.65. The molecule has 0 saturated carbocycles. The first kappa shape index (κ1) is 14.6. The van der Waals surface area contributed by atoms with Crippen LogP contribution in [0.25, 0.3) is 22.6 Å². The van der Waals surface area contributed by atoms with Gasteiger partial charge in [0, 0.05) is 29.7 Å². The number of aromatic nitrogens is 3. The van der Waals surface area contributed by atoms with Gasteiger partial charge in [0.15, 0.2) is 5.65 Å². The number of hydrogen-bond donors (Lipinski definition) is 0. The molecule has 0 atom stereocenters. The van der Waals surface area contributed by atoms with Gasteiger partial charge in [0.05, 0.1) is 6.07 Å². The van der Waals surface area contributed by atoms with E-state index >= 15 is 0 Å². The lowest BCUT2D eigenvalue weighted by Crippen LogP contribution is -2.01. The van der Waals surface area contributed by atoms with E-state index in [1.807, 2.05) is 43.5 Å². The molecule has 4 nitrogen and oxygen atoms in total. The van der Waals surface area contributed by atoms with Gasteiger partial charge in [-0.15, -0.1) is 0 Å². The summed E-state index contributed by atoms with van der Waals surface area (Å²) in [5, 5.41) is 9.46. The lowest BCUT2D eigenvalue weighted by molar-refractivity contribution is 0.670. The molecule has 0 spiro atoms. The molecular weight excluding hydrogens is 296 g/mol. The van der Waals surface area contributed by atoms with Crippen LogP contribution in [0.3, 0.4) is 0 Å². The van der Waals surface area contributed by atoms with Gasteiger partial charge >= 0.3 is 0 Å². The van der Waals surface area contributed by atoms with Crippen molar-refractivity contribution in [3.63, 3.8) is 0 Å². The fourth-order valence-electron chi connectivity index (χ4n) is 2.46. The minimum absolute atomic E-state index is 0.519. The molecule has 0 fully saturated rings. The van der Waals surface area contributed by atoms with E-state index in [1.165, 1.54) is 0 Å². The quantitative estimate of drug-likeness (QED) is 0.673. The first-order chi connectivity index (χ1) is 10.7. The molecule has 0 aliphatic heterocycles. The van der Waals surface area contributed by atoms with Crippen molar-refractivity contribution >= 4 is 22.8 Å². The zero-order valence-corrected chi connectivity index (χ0v) is 13.0. The van der Waals surface area contributed by atoms with Gasteiger partial charge < -0.3 is 4.57 Å². The molecule has 1 aromatic carbocycles. The Bertz CT molecular complexity index is 843. The minimum atomic E-state index is 0.519. The molecule has 0 N–H and O–H groups in total. The van der Waals surface area contributed by atoms with Crippen molar-refractivity contribution in [1.29, 1.82) is 5.26 Å². The van der Waals surface area contributed by atoms with Gasteiger partial charge in [0.2, 0.25) is 0 Å². The largest absolute Gasteiger partial charge is 0.309 e. The molecule has 0 aliphatic rings. The molecule has 3 rings (SSSR count). The second kappa shape index (κ2) is 6.17. The van der Waals surface area contributed by atoms with E-state index in [9.17, 15) is 0 Å². The molecule has 5 heteroatoms. The molecule has 0 unspecified atom stereocenters. The summed E-state index contributed by atoms with van der Waals surface area (Å²) < 4.78 is 2.08. The Kier molecular flexibility index (Phi) is 4.08. The number of benzene rings is 1. The summed E-state index contributed by atoms with van der Waals surface area (Å²) in [7, 11) is 0. The molecule has 22 heavy (non-hydrogen) atoms. The van der Waals surface area contributed by atoms with Gasteiger partial charge in [-0.25, -0.2) is 9.97 Å². The van der Waals surface area contributed by atoms with E-state index in [-0.39, 0.29) is 0 Å². The highest BCUT2D eigenvalue weighted by atomic mass is 35.5. The molecule has 2 heterocycles. The number of fused-ring (bicyclic) bond motifs is 1. The van der Waals surface area contributed by atoms with Gasteiger partial charge in [0.1, 0.15) is 11.3 Å².